The summed E-state index contributed by atoms with van der Waals surface area (Å²) in [5.41, 5.74) is 1.34. The number of H-pyrrole nitrogens is 1. The van der Waals surface area contributed by atoms with Crippen molar-refractivity contribution in [2.45, 2.75) is 22.3 Å². The number of nitrogens with one attached hydrogen (secondary N) is 4. The molecule has 162 valence electrons. The molecule has 4 N–H and O–H groups in total. The molecule has 2 atom stereocenters. The van der Waals surface area contributed by atoms with E-state index < -0.39 is 19.9 Å². The Morgan fingerprint density at radius 2 is 2.03 bits per heavy atom. The van der Waals surface area contributed by atoms with Gasteiger partial charge in [0.05, 0.1) is 10.5 Å². The number of anilines is 1. The average Bonchev–Trinajstić information content (AvgIpc) is 3.49. The monoisotopic (exact) mass is 461 g/mol. The van der Waals surface area contributed by atoms with Crippen molar-refractivity contribution in [3.05, 3.63) is 30.5 Å². The number of hydrogen-bond donors (Lipinski definition) is 4. The van der Waals surface area contributed by atoms with E-state index in [1.165, 1.54) is 6.07 Å². The highest BCUT2D eigenvalue weighted by Gasteiger charge is 2.40. The number of tetrazole rings is 1. The van der Waals surface area contributed by atoms with Crippen LogP contribution in [0.15, 0.2) is 44.0 Å². The van der Waals surface area contributed by atoms with Gasteiger partial charge in [-0.2, -0.15) is 13.6 Å². The van der Waals surface area contributed by atoms with Gasteiger partial charge in [-0.1, -0.05) is 9.83 Å². The molecule has 0 radical (unpaired) electrons. The molecule has 1 fully saturated rings. The molecule has 0 spiro atoms. The molecule has 2 aromatic heterocycles. The van der Waals surface area contributed by atoms with Crippen molar-refractivity contribution in [3.63, 3.8) is 0 Å². The van der Waals surface area contributed by atoms with Crippen molar-refractivity contribution in [1.82, 2.24) is 35.6 Å². The first-order chi connectivity index (χ1) is 14.9. The molecule has 5 rings (SSSR count). The number of pyridine rings is 1. The number of hydrogen-bond acceptors (Lipinski definition) is 9. The van der Waals surface area contributed by atoms with Crippen molar-refractivity contribution >= 4 is 25.8 Å². The topological polar surface area (TPSA) is 167 Å². The molecule has 14 heteroatoms. The number of aromatic amines is 1. The Labute approximate surface area is 178 Å². The average molecular weight is 462 g/mol. The number of aromatic nitrogens is 5. The van der Waals surface area contributed by atoms with Crippen LogP contribution in [-0.4, -0.2) is 64.4 Å². The maximum Gasteiger partial charge on any atom is 0.293 e. The zero-order chi connectivity index (χ0) is 21.6. The van der Waals surface area contributed by atoms with Gasteiger partial charge in [0.15, 0.2) is 9.92 Å². The lowest BCUT2D eigenvalue weighted by molar-refractivity contribution is 0.598. The van der Waals surface area contributed by atoms with E-state index in [1.54, 1.807) is 31.4 Å². The lowest BCUT2D eigenvalue weighted by Gasteiger charge is -2.15. The van der Waals surface area contributed by atoms with E-state index in [2.05, 4.69) is 44.7 Å². The van der Waals surface area contributed by atoms with Crippen molar-refractivity contribution in [2.24, 2.45) is 3.77 Å². The highest BCUT2D eigenvalue weighted by Crippen LogP contribution is 2.43. The molecule has 0 aliphatic carbocycles. The van der Waals surface area contributed by atoms with E-state index in [0.29, 0.717) is 23.5 Å². The molecule has 31 heavy (non-hydrogen) atoms. The zero-order valence-electron chi connectivity index (χ0n) is 16.4. The Kier molecular flexibility index (Phi) is 4.73. The summed E-state index contributed by atoms with van der Waals surface area (Å²) in [6, 6.07) is 6.63. The zero-order valence-corrected chi connectivity index (χ0v) is 18.0. The van der Waals surface area contributed by atoms with Crippen LogP contribution < -0.4 is 15.4 Å². The largest absolute Gasteiger partial charge is 0.373 e. The quantitative estimate of drug-likeness (QED) is 0.419. The second-order valence-electron chi connectivity index (χ2n) is 7.12. The first kappa shape index (κ1) is 20.0. The summed E-state index contributed by atoms with van der Waals surface area (Å²) in [5.74, 6) is 0.723. The third kappa shape index (κ3) is 3.37. The van der Waals surface area contributed by atoms with Gasteiger partial charge in [0, 0.05) is 31.4 Å². The Morgan fingerprint density at radius 3 is 2.68 bits per heavy atom. The van der Waals surface area contributed by atoms with Crippen LogP contribution in [0.4, 0.5) is 5.82 Å². The summed E-state index contributed by atoms with van der Waals surface area (Å²) in [6.07, 6.45) is 2.33. The summed E-state index contributed by atoms with van der Waals surface area (Å²) in [7, 11) is -5.89. The van der Waals surface area contributed by atoms with Crippen LogP contribution in [0, 0.1) is 0 Å². The first-order valence-corrected chi connectivity index (χ1v) is 12.4. The summed E-state index contributed by atoms with van der Waals surface area (Å²) < 4.78 is 46.6. The summed E-state index contributed by atoms with van der Waals surface area (Å²) in [6.45, 7) is 1.34. The second-order valence-corrected chi connectivity index (χ2v) is 10.8. The first-order valence-electron chi connectivity index (χ1n) is 9.48. The molecular weight excluding hydrogens is 442 g/mol. The van der Waals surface area contributed by atoms with Crippen LogP contribution in [0.5, 0.6) is 0 Å². The van der Waals surface area contributed by atoms with Crippen molar-refractivity contribution < 1.29 is 12.6 Å². The van der Waals surface area contributed by atoms with E-state index in [-0.39, 0.29) is 27.2 Å². The summed E-state index contributed by atoms with van der Waals surface area (Å²) in [5, 5.41) is 20.0. The fourth-order valence-corrected chi connectivity index (χ4v) is 8.47. The van der Waals surface area contributed by atoms with Crippen LogP contribution in [0.25, 0.3) is 22.5 Å². The lowest BCUT2D eigenvalue weighted by atomic mass is 10.0. The van der Waals surface area contributed by atoms with E-state index in [1.807, 2.05) is 0 Å². The van der Waals surface area contributed by atoms with Gasteiger partial charge in [-0.15, -0.1) is 10.2 Å². The fraction of sp³-hybridized carbons (Fsp3) is 0.294. The molecular formula is C17H19N9O3S2. The van der Waals surface area contributed by atoms with Crippen molar-refractivity contribution in [2.75, 3.05) is 25.5 Å². The molecule has 2 aliphatic heterocycles. The van der Waals surface area contributed by atoms with Gasteiger partial charge < -0.3 is 10.6 Å². The van der Waals surface area contributed by atoms with Crippen LogP contribution >= 0.6 is 0 Å². The Morgan fingerprint density at radius 1 is 1.16 bits per heavy atom. The smallest absolute Gasteiger partial charge is 0.293 e. The van der Waals surface area contributed by atoms with Crippen LogP contribution in [0.2, 0.25) is 0 Å². The van der Waals surface area contributed by atoms with Crippen molar-refractivity contribution in [1.29, 1.82) is 0 Å². The minimum Gasteiger partial charge on any atom is -0.373 e. The normalized spacial score (nSPS) is 24.0. The van der Waals surface area contributed by atoms with Gasteiger partial charge in [-0.05, 0) is 41.9 Å². The van der Waals surface area contributed by atoms with E-state index in [4.69, 9.17) is 0 Å². The third-order valence-corrected chi connectivity index (χ3v) is 9.45. The maximum atomic E-state index is 13.7. The summed E-state index contributed by atoms with van der Waals surface area (Å²) >= 11 is 0. The van der Waals surface area contributed by atoms with Gasteiger partial charge in [-0.3, -0.25) is 0 Å². The molecule has 0 saturated carbocycles. The SMILES string of the molecule is CNc1ccc(-c2ccc3c(c2-c2nn[nH]n2)S(=O)(=O)N=S3(=O)N[C@@H]2CCNC2)cn1. The number of benzene rings is 1. The molecule has 4 heterocycles. The van der Waals surface area contributed by atoms with Crippen LogP contribution in [0.1, 0.15) is 6.42 Å². The second kappa shape index (κ2) is 7.33. The van der Waals surface area contributed by atoms with Gasteiger partial charge in [0.1, 0.15) is 10.7 Å². The minimum absolute atomic E-state index is 0.0644. The number of rotatable bonds is 5. The van der Waals surface area contributed by atoms with Gasteiger partial charge in [-0.25, -0.2) is 13.9 Å². The molecule has 3 aromatic rings. The maximum absolute atomic E-state index is 13.7. The Bertz CT molecular complexity index is 1360. The van der Waals surface area contributed by atoms with Crippen molar-refractivity contribution in [3.8, 4) is 22.5 Å². The predicted octanol–water partition coefficient (Wildman–Crippen LogP) is 0.366. The van der Waals surface area contributed by atoms with Crippen LogP contribution in [0.3, 0.4) is 0 Å². The summed E-state index contributed by atoms with van der Waals surface area (Å²) in [4.78, 5) is 4.23. The third-order valence-electron chi connectivity index (χ3n) is 5.17. The molecule has 12 nitrogen and oxygen atoms in total. The number of sulfonamides is 1. The highest BCUT2D eigenvalue weighted by atomic mass is 32.3. The molecule has 1 saturated heterocycles. The predicted molar refractivity (Wildman–Crippen MR) is 113 cm³/mol. The molecule has 1 unspecified atom stereocenters. The standard InChI is InChI=1S/C17H19N9O3S2/c1-18-14-5-2-10(8-20-14)12-3-4-13-16(15(12)17-21-24-25-22-17)31(28,29)26-30(13,27)23-11-6-7-19-9-11/h2-5,8,11,19H,6-7,9H2,1H3,(H,18,20)(H,23,26,27)(H,21,22,24,25)/t11-,30?/m1/s1. The van der Waals surface area contributed by atoms with Gasteiger partial charge in [0.2, 0.25) is 5.82 Å². The van der Waals surface area contributed by atoms with Gasteiger partial charge >= 0.3 is 0 Å². The van der Waals surface area contributed by atoms with Crippen LogP contribution in [-0.2, 0) is 19.9 Å². The minimum atomic E-state index is -4.24. The molecule has 0 bridgehead atoms. The van der Waals surface area contributed by atoms with E-state index >= 15 is 0 Å². The fourth-order valence-electron chi connectivity index (χ4n) is 3.75. The van der Waals surface area contributed by atoms with E-state index in [9.17, 15) is 12.6 Å². The number of nitrogens with zero attached hydrogens (tertiary/aromatic N) is 5. The number of fused-ring (bicyclic) bond motifs is 1. The molecule has 0 amide bonds. The Hall–Kier alpha value is -2.94. The van der Waals surface area contributed by atoms with Gasteiger partial charge in [0.25, 0.3) is 10.0 Å². The Balaban J connectivity index is 1.74. The molecule has 1 aromatic carbocycles. The highest BCUT2D eigenvalue weighted by molar-refractivity contribution is 8.05. The lowest BCUT2D eigenvalue weighted by Crippen LogP contribution is -2.35. The molecule has 2 aliphatic rings. The van der Waals surface area contributed by atoms with E-state index in [0.717, 1.165) is 13.0 Å².